The zero-order valence-electron chi connectivity index (χ0n) is 7.79. The fourth-order valence-electron chi connectivity index (χ4n) is 1.61. The number of rotatable bonds is 2. The van der Waals surface area contributed by atoms with Crippen LogP contribution in [0.1, 0.15) is 19.8 Å². The van der Waals surface area contributed by atoms with Gasteiger partial charge in [0.15, 0.2) is 5.78 Å². The number of ether oxygens (including phenoxy) is 1. The van der Waals surface area contributed by atoms with Gasteiger partial charge >= 0.3 is 5.97 Å². The van der Waals surface area contributed by atoms with Crippen LogP contribution in [0.3, 0.4) is 0 Å². The van der Waals surface area contributed by atoms with Gasteiger partial charge in [-0.2, -0.15) is 0 Å². The minimum Gasteiger partial charge on any atom is -0.467 e. The molecule has 72 valence electrons. The lowest BCUT2D eigenvalue weighted by atomic mass is 9.90. The monoisotopic (exact) mass is 183 g/mol. The molecule has 2 N–H and O–H groups in total. The van der Waals surface area contributed by atoms with Gasteiger partial charge in [-0.25, -0.2) is 4.79 Å². The number of ketones is 1. The maximum atomic E-state index is 11.3. The van der Waals surface area contributed by atoms with E-state index in [4.69, 9.17) is 5.73 Å². The predicted octanol–water partition coefficient (Wildman–Crippen LogP) is 0.166. The van der Waals surface area contributed by atoms with Gasteiger partial charge < -0.3 is 10.5 Å². The summed E-state index contributed by atoms with van der Waals surface area (Å²) in [5, 5.41) is 0. The minimum absolute atomic E-state index is 0.162. The average molecular weight is 183 g/mol. The van der Waals surface area contributed by atoms with E-state index in [0.29, 0.717) is 18.4 Å². The van der Waals surface area contributed by atoms with E-state index in [2.05, 4.69) is 4.74 Å². The van der Waals surface area contributed by atoms with E-state index >= 15 is 0 Å². The highest BCUT2D eigenvalue weighted by Crippen LogP contribution is 2.29. The lowest BCUT2D eigenvalue weighted by Crippen LogP contribution is -2.50. The fourth-order valence-corrected chi connectivity index (χ4v) is 1.61. The molecule has 4 nitrogen and oxygen atoms in total. The average Bonchev–Trinajstić information content (AvgIpc) is 2.47. The van der Waals surface area contributed by atoms with Crippen LogP contribution in [0, 0.1) is 0 Å². The Morgan fingerprint density at radius 1 is 1.62 bits per heavy atom. The standard InChI is InChI=1S/C9H13NO3/c1-6(11)7-4-3-5-9(7,10)8(12)13-2/h4H,3,5,10H2,1-2H3/t9-/m0/s1. The van der Waals surface area contributed by atoms with Crippen LogP contribution < -0.4 is 5.73 Å². The number of methoxy groups -OCH3 is 1. The van der Waals surface area contributed by atoms with E-state index in [9.17, 15) is 9.59 Å². The quantitative estimate of drug-likeness (QED) is 0.619. The van der Waals surface area contributed by atoms with Crippen LogP contribution in [0.25, 0.3) is 0 Å². The molecule has 0 spiro atoms. The summed E-state index contributed by atoms with van der Waals surface area (Å²) in [4.78, 5) is 22.4. The highest BCUT2D eigenvalue weighted by Gasteiger charge is 2.43. The Balaban J connectivity index is 2.98. The highest BCUT2D eigenvalue weighted by atomic mass is 16.5. The first-order valence-corrected chi connectivity index (χ1v) is 4.11. The van der Waals surface area contributed by atoms with Crippen LogP contribution >= 0.6 is 0 Å². The summed E-state index contributed by atoms with van der Waals surface area (Å²) in [6.07, 6.45) is 2.81. The molecule has 0 heterocycles. The second kappa shape index (κ2) is 3.30. The number of allylic oxidation sites excluding steroid dienone is 1. The molecular weight excluding hydrogens is 170 g/mol. The molecular formula is C9H13NO3. The largest absolute Gasteiger partial charge is 0.467 e. The van der Waals surface area contributed by atoms with E-state index < -0.39 is 11.5 Å². The van der Waals surface area contributed by atoms with E-state index in [0.717, 1.165) is 0 Å². The summed E-state index contributed by atoms with van der Waals surface area (Å²) in [6.45, 7) is 1.40. The topological polar surface area (TPSA) is 69.4 Å². The molecule has 13 heavy (non-hydrogen) atoms. The van der Waals surface area contributed by atoms with Gasteiger partial charge in [-0.3, -0.25) is 4.79 Å². The van der Waals surface area contributed by atoms with Crippen LogP contribution in [-0.4, -0.2) is 24.4 Å². The second-order valence-corrected chi connectivity index (χ2v) is 3.18. The molecule has 0 saturated heterocycles. The molecule has 0 fully saturated rings. The van der Waals surface area contributed by atoms with Crippen LogP contribution in [0.5, 0.6) is 0 Å². The van der Waals surface area contributed by atoms with E-state index in [1.165, 1.54) is 14.0 Å². The van der Waals surface area contributed by atoms with Crippen molar-refractivity contribution in [3.05, 3.63) is 11.6 Å². The Morgan fingerprint density at radius 2 is 2.23 bits per heavy atom. The third-order valence-corrected chi connectivity index (χ3v) is 2.30. The van der Waals surface area contributed by atoms with Crippen molar-refractivity contribution in [2.45, 2.75) is 25.3 Å². The molecule has 4 heteroatoms. The zero-order valence-corrected chi connectivity index (χ0v) is 7.79. The van der Waals surface area contributed by atoms with Crippen LogP contribution in [-0.2, 0) is 14.3 Å². The molecule has 1 atom stereocenters. The summed E-state index contributed by atoms with van der Waals surface area (Å²) >= 11 is 0. The van der Waals surface area contributed by atoms with Crippen molar-refractivity contribution < 1.29 is 14.3 Å². The molecule has 0 bridgehead atoms. The maximum absolute atomic E-state index is 11.3. The summed E-state index contributed by atoms with van der Waals surface area (Å²) in [6, 6.07) is 0. The normalized spacial score (nSPS) is 26.8. The van der Waals surface area contributed by atoms with Crippen molar-refractivity contribution in [3.63, 3.8) is 0 Å². The molecule has 1 aliphatic carbocycles. The minimum atomic E-state index is -1.21. The second-order valence-electron chi connectivity index (χ2n) is 3.18. The first-order chi connectivity index (χ1) is 6.02. The Morgan fingerprint density at radius 3 is 2.69 bits per heavy atom. The summed E-state index contributed by atoms with van der Waals surface area (Å²) in [7, 11) is 1.27. The van der Waals surface area contributed by atoms with E-state index in [1.807, 2.05) is 0 Å². The zero-order chi connectivity index (χ0) is 10.1. The molecule has 0 aromatic carbocycles. The first kappa shape index (κ1) is 9.92. The van der Waals surface area contributed by atoms with Crippen molar-refractivity contribution in [2.24, 2.45) is 5.73 Å². The molecule has 1 rings (SSSR count). The van der Waals surface area contributed by atoms with Crippen molar-refractivity contribution in [1.82, 2.24) is 0 Å². The van der Waals surface area contributed by atoms with Gasteiger partial charge in [0.1, 0.15) is 5.54 Å². The third-order valence-electron chi connectivity index (χ3n) is 2.30. The highest BCUT2D eigenvalue weighted by molar-refractivity contribution is 6.04. The maximum Gasteiger partial charge on any atom is 0.330 e. The SMILES string of the molecule is COC(=O)[C@]1(N)CCC=C1C(C)=O. The number of carbonyl (C=O) groups excluding carboxylic acids is 2. The predicted molar refractivity (Wildman–Crippen MR) is 46.9 cm³/mol. The van der Waals surface area contributed by atoms with Crippen LogP contribution in [0.2, 0.25) is 0 Å². The van der Waals surface area contributed by atoms with Gasteiger partial charge in [-0.15, -0.1) is 0 Å². The summed E-state index contributed by atoms with van der Waals surface area (Å²) in [5.41, 5.74) is 4.96. The van der Waals surface area contributed by atoms with Crippen molar-refractivity contribution >= 4 is 11.8 Å². The fraction of sp³-hybridized carbons (Fsp3) is 0.556. The molecule has 0 saturated carbocycles. The Labute approximate surface area is 76.7 Å². The number of hydrogen-bond donors (Lipinski definition) is 1. The lowest BCUT2D eigenvalue weighted by molar-refractivity contribution is -0.146. The summed E-state index contributed by atoms with van der Waals surface area (Å²) in [5.74, 6) is -0.697. The first-order valence-electron chi connectivity index (χ1n) is 4.11. The molecule has 0 unspecified atom stereocenters. The third kappa shape index (κ3) is 1.49. The molecule has 0 amide bonds. The van der Waals surface area contributed by atoms with Gasteiger partial charge in [0.25, 0.3) is 0 Å². The molecule has 1 aliphatic rings. The van der Waals surface area contributed by atoms with E-state index in [-0.39, 0.29) is 5.78 Å². The van der Waals surface area contributed by atoms with Gasteiger partial charge in [0.05, 0.1) is 7.11 Å². The Hall–Kier alpha value is -1.16. The molecule has 0 aromatic heterocycles. The van der Waals surface area contributed by atoms with Crippen molar-refractivity contribution in [2.75, 3.05) is 7.11 Å². The van der Waals surface area contributed by atoms with Crippen LogP contribution in [0.4, 0.5) is 0 Å². The van der Waals surface area contributed by atoms with E-state index in [1.54, 1.807) is 6.08 Å². The smallest absolute Gasteiger partial charge is 0.330 e. The van der Waals surface area contributed by atoms with Gasteiger partial charge in [-0.1, -0.05) is 6.08 Å². The van der Waals surface area contributed by atoms with Crippen molar-refractivity contribution in [1.29, 1.82) is 0 Å². The Bertz CT molecular complexity index is 283. The van der Waals surface area contributed by atoms with Gasteiger partial charge in [0.2, 0.25) is 0 Å². The number of nitrogens with two attached hydrogens (primary N) is 1. The summed E-state index contributed by atoms with van der Waals surface area (Å²) < 4.78 is 4.56. The number of carbonyl (C=O) groups is 2. The number of esters is 1. The van der Waals surface area contributed by atoms with Crippen LogP contribution in [0.15, 0.2) is 11.6 Å². The molecule has 0 aromatic rings. The molecule has 0 aliphatic heterocycles. The van der Waals surface area contributed by atoms with Gasteiger partial charge in [-0.05, 0) is 19.8 Å². The molecule has 0 radical (unpaired) electrons. The number of hydrogen-bond acceptors (Lipinski definition) is 4. The Kier molecular flexibility index (Phi) is 2.52. The number of Topliss-reactive ketones (excluding diaryl/α,β-unsaturated/α-hetero) is 1. The van der Waals surface area contributed by atoms with Gasteiger partial charge in [0, 0.05) is 5.57 Å². The lowest BCUT2D eigenvalue weighted by Gasteiger charge is -2.22. The van der Waals surface area contributed by atoms with Crippen molar-refractivity contribution in [3.8, 4) is 0 Å².